The second-order valence-corrected chi connectivity index (χ2v) is 9.47. The maximum Gasteiger partial charge on any atom is 0.306 e. The topological polar surface area (TPSA) is 93.7 Å². The SMILES string of the molecule is Cc1ccc(Oc2ccc(NC(=O)CCC(=O)OCC(=O)Nc3cc(Cl)c(Br)cc3C)cc2)cc1C. The van der Waals surface area contributed by atoms with E-state index >= 15 is 0 Å². The third-order valence-electron chi connectivity index (χ3n) is 5.31. The molecule has 0 saturated carbocycles. The van der Waals surface area contributed by atoms with Gasteiger partial charge in [-0.1, -0.05) is 17.7 Å². The molecule has 36 heavy (non-hydrogen) atoms. The van der Waals surface area contributed by atoms with Gasteiger partial charge in [-0.2, -0.15) is 0 Å². The third-order valence-corrected chi connectivity index (χ3v) is 6.51. The van der Waals surface area contributed by atoms with E-state index in [4.69, 9.17) is 21.1 Å². The number of carbonyl (C=O) groups is 3. The van der Waals surface area contributed by atoms with Crippen LogP contribution in [0.2, 0.25) is 5.02 Å². The smallest absolute Gasteiger partial charge is 0.306 e. The highest BCUT2D eigenvalue weighted by Gasteiger charge is 2.13. The standard InChI is InChI=1S/C27H26BrClN2O5/c1-16-4-7-21(12-17(16)2)36-20-8-5-19(6-9-20)30-25(32)10-11-27(34)35-15-26(33)31-24-14-23(29)22(28)13-18(24)3/h4-9,12-14H,10-11,15H2,1-3H3,(H,30,32)(H,31,33). The molecule has 2 amide bonds. The number of ether oxygens (including phenoxy) is 2. The van der Waals surface area contributed by atoms with Gasteiger partial charge in [0.2, 0.25) is 5.91 Å². The molecule has 0 aliphatic heterocycles. The first kappa shape index (κ1) is 27.2. The van der Waals surface area contributed by atoms with Crippen LogP contribution < -0.4 is 15.4 Å². The lowest BCUT2D eigenvalue weighted by Gasteiger charge is -2.11. The van der Waals surface area contributed by atoms with Gasteiger partial charge >= 0.3 is 5.97 Å². The predicted molar refractivity (Wildman–Crippen MR) is 144 cm³/mol. The zero-order valence-electron chi connectivity index (χ0n) is 20.1. The van der Waals surface area contributed by atoms with E-state index in [0.717, 1.165) is 16.9 Å². The third kappa shape index (κ3) is 8.10. The molecule has 0 atom stereocenters. The molecule has 0 saturated heterocycles. The number of carbonyl (C=O) groups excluding carboxylic acids is 3. The monoisotopic (exact) mass is 572 g/mol. The summed E-state index contributed by atoms with van der Waals surface area (Å²) in [5.41, 5.74) is 4.22. The summed E-state index contributed by atoms with van der Waals surface area (Å²) in [5.74, 6) is -0.128. The summed E-state index contributed by atoms with van der Waals surface area (Å²) in [6.07, 6.45) is -0.237. The molecule has 2 N–H and O–H groups in total. The van der Waals surface area contributed by atoms with Crippen molar-refractivity contribution in [2.75, 3.05) is 17.2 Å². The summed E-state index contributed by atoms with van der Waals surface area (Å²) in [6, 6.07) is 16.2. The maximum absolute atomic E-state index is 12.2. The molecule has 3 aromatic carbocycles. The van der Waals surface area contributed by atoms with E-state index in [2.05, 4.69) is 26.6 Å². The molecule has 0 aliphatic carbocycles. The van der Waals surface area contributed by atoms with Gasteiger partial charge in [0, 0.05) is 22.3 Å². The first-order valence-corrected chi connectivity index (χ1v) is 12.3. The van der Waals surface area contributed by atoms with Gasteiger partial charge in [0.1, 0.15) is 11.5 Å². The molecular formula is C27H26BrClN2O5. The van der Waals surface area contributed by atoms with Gasteiger partial charge in [-0.05, 0) is 102 Å². The molecule has 0 spiro atoms. The molecule has 7 nitrogen and oxygen atoms in total. The van der Waals surface area contributed by atoms with Crippen molar-refractivity contribution >= 4 is 56.7 Å². The number of amides is 2. The molecule has 0 aromatic heterocycles. The van der Waals surface area contributed by atoms with Gasteiger partial charge < -0.3 is 20.1 Å². The quantitative estimate of drug-likeness (QED) is 0.277. The number of rotatable bonds is 9. The highest BCUT2D eigenvalue weighted by molar-refractivity contribution is 9.10. The molecule has 3 rings (SSSR count). The highest BCUT2D eigenvalue weighted by atomic mass is 79.9. The Hall–Kier alpha value is -3.36. The largest absolute Gasteiger partial charge is 0.457 e. The Kier molecular flexibility index (Phi) is 9.50. The summed E-state index contributed by atoms with van der Waals surface area (Å²) in [6.45, 7) is 5.41. The van der Waals surface area contributed by atoms with Gasteiger partial charge in [-0.15, -0.1) is 0 Å². The van der Waals surface area contributed by atoms with Crippen molar-refractivity contribution in [2.24, 2.45) is 0 Å². The van der Waals surface area contributed by atoms with Crippen LogP contribution in [0.5, 0.6) is 11.5 Å². The average Bonchev–Trinajstić information content (AvgIpc) is 2.83. The van der Waals surface area contributed by atoms with Crippen molar-refractivity contribution in [2.45, 2.75) is 33.6 Å². The minimum absolute atomic E-state index is 0.0806. The number of hydrogen-bond donors (Lipinski definition) is 2. The fourth-order valence-electron chi connectivity index (χ4n) is 3.14. The van der Waals surface area contributed by atoms with Crippen molar-refractivity contribution in [3.63, 3.8) is 0 Å². The van der Waals surface area contributed by atoms with Crippen LogP contribution in [0.15, 0.2) is 59.1 Å². The van der Waals surface area contributed by atoms with Crippen LogP contribution in [0.3, 0.4) is 0 Å². The Labute approximate surface area is 223 Å². The molecule has 9 heteroatoms. The summed E-state index contributed by atoms with van der Waals surface area (Å²) >= 11 is 9.36. The van der Waals surface area contributed by atoms with Gasteiger partial charge in [0.05, 0.1) is 11.4 Å². The number of halogens is 2. The van der Waals surface area contributed by atoms with Gasteiger partial charge in [-0.25, -0.2) is 0 Å². The van der Waals surface area contributed by atoms with E-state index in [1.807, 2.05) is 39.0 Å². The van der Waals surface area contributed by atoms with Gasteiger partial charge in [0.25, 0.3) is 5.91 Å². The summed E-state index contributed by atoms with van der Waals surface area (Å²) in [5, 5.41) is 5.81. The van der Waals surface area contributed by atoms with Crippen molar-refractivity contribution in [1.82, 2.24) is 0 Å². The van der Waals surface area contributed by atoms with E-state index in [-0.39, 0.29) is 18.7 Å². The normalized spacial score (nSPS) is 10.5. The molecular weight excluding hydrogens is 548 g/mol. The van der Waals surface area contributed by atoms with Gasteiger partial charge in [-0.3, -0.25) is 14.4 Å². The van der Waals surface area contributed by atoms with Crippen molar-refractivity contribution < 1.29 is 23.9 Å². The van der Waals surface area contributed by atoms with Crippen LogP contribution in [0.1, 0.15) is 29.5 Å². The first-order valence-electron chi connectivity index (χ1n) is 11.2. The second-order valence-electron chi connectivity index (χ2n) is 8.21. The van der Waals surface area contributed by atoms with Crippen LogP contribution in [0.4, 0.5) is 11.4 Å². The predicted octanol–water partition coefficient (Wildman–Crippen LogP) is 6.72. The molecule has 0 aliphatic rings. The maximum atomic E-state index is 12.2. The van der Waals surface area contributed by atoms with E-state index in [1.54, 1.807) is 36.4 Å². The number of benzene rings is 3. The van der Waals surface area contributed by atoms with E-state index in [0.29, 0.717) is 26.6 Å². The summed E-state index contributed by atoms with van der Waals surface area (Å²) in [4.78, 5) is 36.2. The molecule has 0 bridgehead atoms. The second kappa shape index (κ2) is 12.6. The van der Waals surface area contributed by atoms with Crippen molar-refractivity contribution in [3.05, 3.63) is 80.8 Å². The van der Waals surface area contributed by atoms with E-state index in [9.17, 15) is 14.4 Å². The lowest BCUT2D eigenvalue weighted by atomic mass is 10.1. The van der Waals surface area contributed by atoms with Crippen LogP contribution in [-0.4, -0.2) is 24.4 Å². The van der Waals surface area contributed by atoms with E-state index < -0.39 is 18.5 Å². The lowest BCUT2D eigenvalue weighted by molar-refractivity contribution is -0.147. The fourth-order valence-corrected chi connectivity index (χ4v) is 3.77. The summed E-state index contributed by atoms with van der Waals surface area (Å²) < 4.78 is 11.5. The lowest BCUT2D eigenvalue weighted by Crippen LogP contribution is -2.22. The Bertz CT molecular complexity index is 1280. The fraction of sp³-hybridized carbons (Fsp3) is 0.222. The van der Waals surface area contributed by atoms with Crippen LogP contribution in [0, 0.1) is 20.8 Å². The molecule has 188 valence electrons. The Morgan fingerprint density at radius 1 is 0.806 bits per heavy atom. The molecule has 0 unspecified atom stereocenters. The molecule has 0 heterocycles. The zero-order valence-corrected chi connectivity index (χ0v) is 22.5. The first-order chi connectivity index (χ1) is 17.1. The Morgan fingerprint density at radius 3 is 2.19 bits per heavy atom. The number of esters is 1. The van der Waals surface area contributed by atoms with Crippen molar-refractivity contribution in [3.8, 4) is 11.5 Å². The molecule has 0 fully saturated rings. The van der Waals surface area contributed by atoms with E-state index in [1.165, 1.54) is 5.56 Å². The molecule has 3 aromatic rings. The molecule has 0 radical (unpaired) electrons. The van der Waals surface area contributed by atoms with Gasteiger partial charge in [0.15, 0.2) is 6.61 Å². The number of hydrogen-bond acceptors (Lipinski definition) is 5. The minimum atomic E-state index is -0.650. The van der Waals surface area contributed by atoms with Crippen LogP contribution >= 0.6 is 27.5 Å². The summed E-state index contributed by atoms with van der Waals surface area (Å²) in [7, 11) is 0. The minimum Gasteiger partial charge on any atom is -0.457 e. The highest BCUT2D eigenvalue weighted by Crippen LogP contribution is 2.29. The number of anilines is 2. The number of nitrogens with one attached hydrogen (secondary N) is 2. The van der Waals surface area contributed by atoms with Crippen LogP contribution in [0.25, 0.3) is 0 Å². The average molecular weight is 574 g/mol. The van der Waals surface area contributed by atoms with Crippen LogP contribution in [-0.2, 0) is 19.1 Å². The number of aryl methyl sites for hydroxylation is 3. The zero-order chi connectivity index (χ0) is 26.2. The Morgan fingerprint density at radius 2 is 1.50 bits per heavy atom. The Balaban J connectivity index is 1.39. The van der Waals surface area contributed by atoms with Crippen molar-refractivity contribution in [1.29, 1.82) is 0 Å².